The summed E-state index contributed by atoms with van der Waals surface area (Å²) >= 11 is 0. The molecule has 6 N–H and O–H groups in total. The molecule has 0 fully saturated rings. The third-order valence-corrected chi connectivity index (χ3v) is 16.8. The van der Waals surface area contributed by atoms with Crippen LogP contribution in [-0.2, 0) is 49.0 Å². The summed E-state index contributed by atoms with van der Waals surface area (Å²) in [5.74, 6) is -0.0818. The molecule has 16 nitrogen and oxygen atoms in total. The second-order valence-corrected chi connectivity index (χ2v) is 23.8. The molecule has 1 aliphatic carbocycles. The lowest BCUT2D eigenvalue weighted by Gasteiger charge is -2.30. The van der Waals surface area contributed by atoms with E-state index < -0.39 is 31.4 Å². The molecule has 4 heterocycles. The number of rotatable bonds is 27. The Morgan fingerprint density at radius 1 is 0.846 bits per heavy atom. The lowest BCUT2D eigenvalue weighted by molar-refractivity contribution is -0.438. The average Bonchev–Trinajstić information content (AvgIpc) is 4.06. The highest BCUT2D eigenvalue weighted by Crippen LogP contribution is 2.52. The summed E-state index contributed by atoms with van der Waals surface area (Å²) in [6.45, 7) is 8.58. The number of H-pyrrole nitrogens is 1. The van der Waals surface area contributed by atoms with Crippen LogP contribution in [0.25, 0.3) is 11.2 Å². The third kappa shape index (κ3) is 14.2. The van der Waals surface area contributed by atoms with Gasteiger partial charge in [-0.25, -0.2) is 4.98 Å². The van der Waals surface area contributed by atoms with E-state index in [0.717, 1.165) is 74.0 Å². The summed E-state index contributed by atoms with van der Waals surface area (Å²) < 4.78 is 77.4. The lowest BCUT2D eigenvalue weighted by atomic mass is 9.75. The summed E-state index contributed by atoms with van der Waals surface area (Å²) in [5.41, 5.74) is 14.9. The van der Waals surface area contributed by atoms with Crippen molar-refractivity contribution in [1.29, 1.82) is 0 Å². The Morgan fingerprint density at radius 2 is 1.60 bits per heavy atom. The number of anilines is 2. The maximum Gasteiger partial charge on any atom is 0.294 e. The SMILES string of the molecule is CCCCCC1(C)C(/C=C/C=C2/N(CCCCCC(=O)NCc3ccc(COc4nc(N)nc5nc[nH]c45)cc3)c3ccc(S(=O)(=O)O)cc3C2(C)CCCCS(=O)(=O)O)=[N+](CCCC2=C/C=C\C=C/C=C2)c2ccccc21. The molecule has 2 atom stereocenters. The van der Waals surface area contributed by atoms with Gasteiger partial charge in [0.25, 0.3) is 20.2 Å². The Morgan fingerprint density at radius 3 is 2.40 bits per heavy atom. The number of amides is 1. The van der Waals surface area contributed by atoms with Crippen LogP contribution >= 0.6 is 0 Å². The molecule has 78 heavy (non-hydrogen) atoms. The highest BCUT2D eigenvalue weighted by molar-refractivity contribution is 7.86. The smallest absolute Gasteiger partial charge is 0.294 e. The Bertz CT molecular complexity index is 3410. The summed E-state index contributed by atoms with van der Waals surface area (Å²) in [6.07, 6.45) is 32.1. The predicted molar refractivity (Wildman–Crippen MR) is 308 cm³/mol. The van der Waals surface area contributed by atoms with E-state index in [0.29, 0.717) is 67.8 Å². The first-order chi connectivity index (χ1) is 37.5. The van der Waals surface area contributed by atoms with Crippen molar-refractivity contribution < 1.29 is 40.0 Å². The number of carbonyl (C=O) groups is 1. The first-order valence-corrected chi connectivity index (χ1v) is 30.1. The van der Waals surface area contributed by atoms with Crippen molar-refractivity contribution in [2.75, 3.05) is 29.5 Å². The number of nitrogen functional groups attached to an aromatic ring is 1. The van der Waals surface area contributed by atoms with Crippen molar-refractivity contribution in [3.05, 3.63) is 167 Å². The van der Waals surface area contributed by atoms with Crippen LogP contribution < -0.4 is 20.7 Å². The first-order valence-electron chi connectivity index (χ1n) is 27.1. The molecular weight excluding hydrogens is 1020 g/mol. The molecule has 5 aromatic rings. The number of benzene rings is 3. The molecule has 2 aromatic heterocycles. The molecule has 0 saturated carbocycles. The van der Waals surface area contributed by atoms with Crippen LogP contribution in [0, 0.1) is 0 Å². The second-order valence-electron chi connectivity index (χ2n) is 20.8. The number of hydrogen-bond acceptors (Lipinski definition) is 11. The molecule has 412 valence electrons. The molecular formula is C60H73N8O8S2+. The number of fused-ring (bicyclic) bond motifs is 3. The zero-order valence-corrected chi connectivity index (χ0v) is 46.5. The van der Waals surface area contributed by atoms with E-state index in [1.807, 2.05) is 49.4 Å². The first kappa shape index (κ1) is 57.2. The molecule has 3 aliphatic rings. The highest BCUT2D eigenvalue weighted by atomic mass is 32.2. The van der Waals surface area contributed by atoms with Crippen LogP contribution in [0.1, 0.15) is 126 Å². The number of para-hydroxylation sites is 1. The number of nitrogens with two attached hydrogens (primary N) is 1. The Balaban J connectivity index is 1.00. The van der Waals surface area contributed by atoms with Crippen LogP contribution in [0.15, 0.2) is 150 Å². The fourth-order valence-corrected chi connectivity index (χ4v) is 12.1. The molecule has 2 unspecified atom stereocenters. The van der Waals surface area contributed by atoms with Gasteiger partial charge in [0.15, 0.2) is 11.4 Å². The van der Waals surface area contributed by atoms with Crippen LogP contribution in [0.5, 0.6) is 5.88 Å². The van der Waals surface area contributed by atoms with Gasteiger partial charge in [0.1, 0.15) is 18.7 Å². The minimum atomic E-state index is -4.57. The number of carbonyl (C=O) groups excluding carboxylic acids is 1. The number of nitrogens with one attached hydrogen (secondary N) is 2. The van der Waals surface area contributed by atoms with E-state index in [-0.39, 0.29) is 35.2 Å². The fraction of sp³-hybridized carbons (Fsp3) is 0.383. The average molecular weight is 1100 g/mol. The van der Waals surface area contributed by atoms with Crippen molar-refractivity contribution in [2.45, 2.75) is 133 Å². The van der Waals surface area contributed by atoms with Crippen LogP contribution in [0.2, 0.25) is 0 Å². The van der Waals surface area contributed by atoms with E-state index in [2.05, 4.69) is 115 Å². The molecule has 2 aliphatic heterocycles. The van der Waals surface area contributed by atoms with Gasteiger partial charge in [-0.3, -0.25) is 13.9 Å². The second kappa shape index (κ2) is 25.7. The number of ether oxygens (including phenoxy) is 1. The van der Waals surface area contributed by atoms with Gasteiger partial charge in [0.2, 0.25) is 23.4 Å². The minimum absolute atomic E-state index is 0.0644. The van der Waals surface area contributed by atoms with Crippen molar-refractivity contribution in [1.82, 2.24) is 25.3 Å². The number of imidazole rings is 1. The number of aromatic amines is 1. The van der Waals surface area contributed by atoms with E-state index in [9.17, 15) is 30.7 Å². The van der Waals surface area contributed by atoms with Gasteiger partial charge in [-0.05, 0) is 98.9 Å². The largest absolute Gasteiger partial charge is 0.471 e. The predicted octanol–water partition coefficient (Wildman–Crippen LogP) is 11.2. The third-order valence-electron chi connectivity index (χ3n) is 15.1. The van der Waals surface area contributed by atoms with Crippen LogP contribution in [0.3, 0.4) is 0 Å². The molecule has 0 radical (unpaired) electrons. The van der Waals surface area contributed by atoms with E-state index in [1.165, 1.54) is 41.0 Å². The summed E-state index contributed by atoms with van der Waals surface area (Å²) in [6, 6.07) is 21.1. The zero-order valence-electron chi connectivity index (χ0n) is 44.9. The van der Waals surface area contributed by atoms with Crippen LogP contribution in [-0.4, -0.2) is 80.9 Å². The van der Waals surface area contributed by atoms with E-state index in [1.54, 1.807) is 6.07 Å². The number of hydrogen-bond donors (Lipinski definition) is 5. The number of aromatic nitrogens is 4. The maximum atomic E-state index is 13.1. The van der Waals surface area contributed by atoms with Gasteiger partial charge < -0.3 is 25.7 Å². The molecule has 3 aromatic carbocycles. The summed E-state index contributed by atoms with van der Waals surface area (Å²) in [4.78, 5) is 30.5. The van der Waals surface area contributed by atoms with Gasteiger partial charge in [-0.15, -0.1) is 0 Å². The Hall–Kier alpha value is -6.99. The van der Waals surface area contributed by atoms with Crippen molar-refractivity contribution in [3.63, 3.8) is 0 Å². The summed E-state index contributed by atoms with van der Waals surface area (Å²) in [5, 5.41) is 3.04. The van der Waals surface area contributed by atoms with Crippen molar-refractivity contribution in [2.24, 2.45) is 0 Å². The van der Waals surface area contributed by atoms with Gasteiger partial charge in [0.05, 0.1) is 22.4 Å². The molecule has 0 saturated heterocycles. The van der Waals surface area contributed by atoms with Crippen molar-refractivity contribution in [3.8, 4) is 5.88 Å². The van der Waals surface area contributed by atoms with Gasteiger partial charge in [-0.1, -0.05) is 130 Å². The van der Waals surface area contributed by atoms with E-state index >= 15 is 0 Å². The standard InChI is InChI=1S/C60H72N8O8S2/c1-4-5-15-35-59(2)48-24-13-14-25-50(48)68(38-20-23-44-21-10-7-6-8-11-22-44)52(59)26-19-27-53-60(3,36-16-18-39-77(70,71)72)49-40-47(78(73,74)75)33-34-51(49)67(53)37-17-9-12-28-54(69)62-41-45-29-31-46(32-30-45)42-76-57-55-56(64-43-63-55)65-58(61)66-57/h6-8,10-11,13-14,19,21-22,24-27,29-34,40,43H,4-5,9,12,15-18,20,23,28,35-39,41-42H2,1-3H3,(H5-,61,62,63,64,65,66,69,70,71,72,73,74,75)/p+1/b7-6-,8-6?,10-7?,11-8-,21-10?,22-11?,44-21?,44-22?. The monoisotopic (exact) mass is 1100 g/mol. The summed E-state index contributed by atoms with van der Waals surface area (Å²) in [7, 11) is -8.78. The number of allylic oxidation sites excluding steroid dienone is 12. The molecule has 8 rings (SSSR count). The van der Waals surface area contributed by atoms with Crippen molar-refractivity contribution >= 4 is 60.3 Å². The molecule has 1 amide bonds. The van der Waals surface area contributed by atoms with Gasteiger partial charge in [0, 0.05) is 60.4 Å². The lowest BCUT2D eigenvalue weighted by Crippen LogP contribution is -2.31. The fourth-order valence-electron chi connectivity index (χ4n) is 11.0. The topological polar surface area (TPSA) is 234 Å². The van der Waals surface area contributed by atoms with E-state index in [4.69, 9.17) is 10.5 Å². The van der Waals surface area contributed by atoms with Gasteiger partial charge >= 0.3 is 0 Å². The Kier molecular flexibility index (Phi) is 18.8. The number of nitrogens with zero attached hydrogens (tertiary/aromatic N) is 5. The quantitative estimate of drug-likeness (QED) is 0.0187. The molecule has 0 spiro atoms. The number of unbranched alkanes of at least 4 members (excludes halogenated alkanes) is 5. The zero-order chi connectivity index (χ0) is 55.3. The molecule has 0 bridgehead atoms. The minimum Gasteiger partial charge on any atom is -0.471 e. The highest BCUT2D eigenvalue weighted by Gasteiger charge is 2.47. The van der Waals surface area contributed by atoms with Crippen LogP contribution in [0.4, 0.5) is 17.3 Å². The molecule has 18 heteroatoms. The Labute approximate surface area is 459 Å². The maximum absolute atomic E-state index is 13.1. The van der Waals surface area contributed by atoms with Gasteiger partial charge in [-0.2, -0.15) is 31.4 Å². The normalized spacial score (nSPS) is 19.5.